The molecule has 0 radical (unpaired) electrons. The molecule has 0 aromatic rings. The second kappa shape index (κ2) is 6.16. The summed E-state index contributed by atoms with van der Waals surface area (Å²) in [6, 6.07) is 0. The molecule has 16 heavy (non-hydrogen) atoms. The number of nitrogens with zero attached hydrogens (tertiary/aromatic N) is 1. The molecule has 0 aromatic carbocycles. The highest BCUT2D eigenvalue weighted by atomic mass is 35.5. The van der Waals surface area contributed by atoms with Gasteiger partial charge < -0.3 is 5.32 Å². The molecule has 1 unspecified atom stereocenters. The topological polar surface area (TPSA) is 61.4 Å². The zero-order chi connectivity index (χ0) is 11.5. The normalized spacial score (nSPS) is 26.5. The maximum atomic E-state index is 11.5. The van der Waals surface area contributed by atoms with Crippen LogP contribution in [-0.4, -0.2) is 46.5 Å². The summed E-state index contributed by atoms with van der Waals surface area (Å²) in [5.74, 6) is 0. The van der Waals surface area contributed by atoms with E-state index in [2.05, 4.69) is 17.0 Å². The molecule has 0 bridgehead atoms. The standard InChI is InChI=1S/C9H21N3O2S.ClH/c1-9(5-4-6-10-7-9)8-11-15(13,14)12(2)3;/h10-11H,4-8H2,1-3H3;1H. The highest BCUT2D eigenvalue weighted by molar-refractivity contribution is 7.87. The van der Waals surface area contributed by atoms with E-state index >= 15 is 0 Å². The molecule has 1 fully saturated rings. The molecule has 1 saturated heterocycles. The molecule has 1 aliphatic rings. The van der Waals surface area contributed by atoms with Gasteiger partial charge in [0.05, 0.1) is 0 Å². The largest absolute Gasteiger partial charge is 0.316 e. The Balaban J connectivity index is 0.00000225. The highest BCUT2D eigenvalue weighted by Crippen LogP contribution is 2.24. The van der Waals surface area contributed by atoms with Crippen molar-refractivity contribution in [2.45, 2.75) is 19.8 Å². The third-order valence-electron chi connectivity index (χ3n) is 2.85. The summed E-state index contributed by atoms with van der Waals surface area (Å²) in [6.07, 6.45) is 2.18. The average molecular weight is 272 g/mol. The fraction of sp³-hybridized carbons (Fsp3) is 1.00. The Morgan fingerprint density at radius 1 is 1.44 bits per heavy atom. The first-order chi connectivity index (χ1) is 6.86. The van der Waals surface area contributed by atoms with Crippen LogP contribution in [0.4, 0.5) is 0 Å². The molecular formula is C9H22ClN3O2S. The Morgan fingerprint density at radius 2 is 2.06 bits per heavy atom. The maximum Gasteiger partial charge on any atom is 0.278 e. The van der Waals surface area contributed by atoms with Crippen LogP contribution < -0.4 is 10.0 Å². The van der Waals surface area contributed by atoms with Gasteiger partial charge in [0, 0.05) is 27.2 Å². The Labute approximate surface area is 105 Å². The van der Waals surface area contributed by atoms with Crippen molar-refractivity contribution in [3.8, 4) is 0 Å². The molecule has 1 atom stereocenters. The first-order valence-corrected chi connectivity index (χ1v) is 6.68. The predicted octanol–water partition coefficient (Wildman–Crippen LogP) is 0.194. The van der Waals surface area contributed by atoms with E-state index in [4.69, 9.17) is 0 Å². The van der Waals surface area contributed by atoms with E-state index in [1.54, 1.807) is 0 Å². The molecular weight excluding hydrogens is 250 g/mol. The third-order valence-corrected chi connectivity index (χ3v) is 4.32. The molecule has 0 aliphatic carbocycles. The predicted molar refractivity (Wildman–Crippen MR) is 68.1 cm³/mol. The first-order valence-electron chi connectivity index (χ1n) is 5.24. The number of hydrogen-bond acceptors (Lipinski definition) is 3. The van der Waals surface area contributed by atoms with Crippen molar-refractivity contribution in [1.82, 2.24) is 14.3 Å². The fourth-order valence-electron chi connectivity index (χ4n) is 1.66. The lowest BCUT2D eigenvalue weighted by Crippen LogP contribution is -2.47. The minimum atomic E-state index is -3.28. The number of piperidine rings is 1. The lowest BCUT2D eigenvalue weighted by Gasteiger charge is -2.34. The molecule has 2 N–H and O–H groups in total. The molecule has 1 aliphatic heterocycles. The average Bonchev–Trinajstić information content (AvgIpc) is 2.16. The summed E-state index contributed by atoms with van der Waals surface area (Å²) < 4.78 is 26.8. The summed E-state index contributed by atoms with van der Waals surface area (Å²) >= 11 is 0. The van der Waals surface area contributed by atoms with Crippen molar-refractivity contribution in [2.75, 3.05) is 33.7 Å². The van der Waals surface area contributed by atoms with Crippen LogP contribution in [0.1, 0.15) is 19.8 Å². The Morgan fingerprint density at radius 3 is 2.50 bits per heavy atom. The van der Waals surface area contributed by atoms with Crippen molar-refractivity contribution < 1.29 is 8.42 Å². The summed E-state index contributed by atoms with van der Waals surface area (Å²) in [6.45, 7) is 4.52. The molecule has 7 heteroatoms. The van der Waals surface area contributed by atoms with Crippen LogP contribution in [0.3, 0.4) is 0 Å². The van der Waals surface area contributed by atoms with Crippen molar-refractivity contribution in [3.05, 3.63) is 0 Å². The third kappa shape index (κ3) is 4.55. The maximum absolute atomic E-state index is 11.5. The molecule has 0 saturated carbocycles. The van der Waals surface area contributed by atoms with E-state index in [-0.39, 0.29) is 17.8 Å². The van der Waals surface area contributed by atoms with Gasteiger partial charge in [-0.05, 0) is 24.8 Å². The number of halogens is 1. The Hall–Kier alpha value is 0.120. The van der Waals surface area contributed by atoms with Crippen LogP contribution in [0, 0.1) is 5.41 Å². The number of rotatable bonds is 4. The van der Waals surface area contributed by atoms with Crippen LogP contribution in [0.5, 0.6) is 0 Å². The minimum Gasteiger partial charge on any atom is -0.316 e. The van der Waals surface area contributed by atoms with Crippen molar-refractivity contribution >= 4 is 22.6 Å². The molecule has 0 amide bonds. The SMILES string of the molecule is CN(C)S(=O)(=O)NCC1(C)CCCNC1.Cl. The lowest BCUT2D eigenvalue weighted by atomic mass is 9.83. The first kappa shape index (κ1) is 16.1. The van der Waals surface area contributed by atoms with Gasteiger partial charge in [-0.2, -0.15) is 12.7 Å². The molecule has 0 aromatic heterocycles. The summed E-state index contributed by atoms with van der Waals surface area (Å²) in [4.78, 5) is 0. The summed E-state index contributed by atoms with van der Waals surface area (Å²) in [7, 11) is -0.217. The molecule has 0 spiro atoms. The number of nitrogens with one attached hydrogen (secondary N) is 2. The van der Waals surface area contributed by atoms with Crippen LogP contribution >= 0.6 is 12.4 Å². The van der Waals surface area contributed by atoms with Crippen molar-refractivity contribution in [2.24, 2.45) is 5.41 Å². The lowest BCUT2D eigenvalue weighted by molar-refractivity contribution is 0.237. The van der Waals surface area contributed by atoms with E-state index in [1.165, 1.54) is 18.4 Å². The van der Waals surface area contributed by atoms with Crippen molar-refractivity contribution in [3.63, 3.8) is 0 Å². The van der Waals surface area contributed by atoms with Gasteiger partial charge in [-0.1, -0.05) is 6.92 Å². The molecule has 98 valence electrons. The van der Waals surface area contributed by atoms with Gasteiger partial charge in [0.1, 0.15) is 0 Å². The van der Waals surface area contributed by atoms with E-state index < -0.39 is 10.2 Å². The fourth-order valence-corrected chi connectivity index (χ4v) is 2.45. The summed E-state index contributed by atoms with van der Waals surface area (Å²) in [5, 5.41) is 3.29. The van der Waals surface area contributed by atoms with Gasteiger partial charge in [0.2, 0.25) is 0 Å². The molecule has 1 rings (SSSR count). The molecule has 1 heterocycles. The van der Waals surface area contributed by atoms with E-state index in [9.17, 15) is 8.42 Å². The van der Waals surface area contributed by atoms with Crippen molar-refractivity contribution in [1.29, 1.82) is 0 Å². The monoisotopic (exact) mass is 271 g/mol. The van der Waals surface area contributed by atoms with E-state index in [1.807, 2.05) is 0 Å². The van der Waals surface area contributed by atoms with Crippen LogP contribution in [-0.2, 0) is 10.2 Å². The van der Waals surface area contributed by atoms with Crippen LogP contribution in [0.2, 0.25) is 0 Å². The van der Waals surface area contributed by atoms with Gasteiger partial charge in [0.25, 0.3) is 10.2 Å². The zero-order valence-electron chi connectivity index (χ0n) is 10.1. The van der Waals surface area contributed by atoms with Crippen LogP contribution in [0.25, 0.3) is 0 Å². The van der Waals surface area contributed by atoms with Gasteiger partial charge in [-0.3, -0.25) is 0 Å². The van der Waals surface area contributed by atoms with Crippen LogP contribution in [0.15, 0.2) is 0 Å². The summed E-state index contributed by atoms with van der Waals surface area (Å²) in [5.41, 5.74) is 0.0430. The Bertz CT molecular complexity index is 300. The second-order valence-electron chi connectivity index (χ2n) is 4.70. The quantitative estimate of drug-likeness (QED) is 0.768. The second-order valence-corrected chi connectivity index (χ2v) is 6.67. The van der Waals surface area contributed by atoms with Gasteiger partial charge in [-0.25, -0.2) is 4.72 Å². The van der Waals surface area contributed by atoms with E-state index in [0.29, 0.717) is 6.54 Å². The van der Waals surface area contributed by atoms with Gasteiger partial charge in [0.15, 0.2) is 0 Å². The minimum absolute atomic E-state index is 0. The number of hydrogen-bond donors (Lipinski definition) is 2. The zero-order valence-corrected chi connectivity index (χ0v) is 11.7. The Kier molecular flexibility index (Phi) is 6.21. The van der Waals surface area contributed by atoms with E-state index in [0.717, 1.165) is 25.9 Å². The molecule has 5 nitrogen and oxygen atoms in total. The van der Waals surface area contributed by atoms with Gasteiger partial charge in [-0.15, -0.1) is 12.4 Å². The highest BCUT2D eigenvalue weighted by Gasteiger charge is 2.28. The smallest absolute Gasteiger partial charge is 0.278 e. The van der Waals surface area contributed by atoms with Gasteiger partial charge >= 0.3 is 0 Å².